The molecular formula is C28H23N5O. The molecule has 0 aliphatic heterocycles. The molecule has 0 aliphatic carbocycles. The summed E-state index contributed by atoms with van der Waals surface area (Å²) < 4.78 is 1.53. The summed E-state index contributed by atoms with van der Waals surface area (Å²) >= 11 is 0. The van der Waals surface area contributed by atoms with E-state index in [-0.39, 0.29) is 17.9 Å². The molecule has 6 heteroatoms. The van der Waals surface area contributed by atoms with Crippen LogP contribution in [0.2, 0.25) is 0 Å². The number of benzene rings is 3. The van der Waals surface area contributed by atoms with Gasteiger partial charge in [0, 0.05) is 5.39 Å². The van der Waals surface area contributed by atoms with Gasteiger partial charge in [0.05, 0.1) is 18.1 Å². The van der Waals surface area contributed by atoms with E-state index < -0.39 is 0 Å². The van der Waals surface area contributed by atoms with Gasteiger partial charge in [0.25, 0.3) is 0 Å². The summed E-state index contributed by atoms with van der Waals surface area (Å²) in [6.45, 7) is 6.12. The van der Waals surface area contributed by atoms with Gasteiger partial charge < -0.3 is 5.32 Å². The Labute approximate surface area is 197 Å². The number of nitrogens with one attached hydrogen (secondary N) is 1. The van der Waals surface area contributed by atoms with E-state index in [1.165, 1.54) is 16.4 Å². The van der Waals surface area contributed by atoms with Crippen molar-refractivity contribution in [2.45, 2.75) is 27.2 Å². The summed E-state index contributed by atoms with van der Waals surface area (Å²) in [6.07, 6.45) is 1.64. The van der Waals surface area contributed by atoms with Gasteiger partial charge in [-0.2, -0.15) is 15.0 Å². The molecular weight excluding hydrogens is 422 g/mol. The Bertz CT molecular complexity index is 1620. The molecule has 0 saturated carbocycles. The van der Waals surface area contributed by atoms with Gasteiger partial charge in [-0.1, -0.05) is 54.1 Å². The van der Waals surface area contributed by atoms with E-state index in [0.717, 1.165) is 38.4 Å². The molecule has 0 atom stereocenters. The molecule has 5 aromatic rings. The number of carbonyl (C=O) groups excluding carboxylic acids is 1. The summed E-state index contributed by atoms with van der Waals surface area (Å²) in [5, 5.41) is 20.1. The smallest absolute Gasteiger partial charge is 0.230 e. The Morgan fingerprint density at radius 2 is 1.79 bits per heavy atom. The second-order valence-electron chi connectivity index (χ2n) is 8.57. The first-order valence-corrected chi connectivity index (χ1v) is 11.1. The van der Waals surface area contributed by atoms with Crippen LogP contribution in [-0.2, 0) is 11.2 Å². The Balaban J connectivity index is 1.52. The van der Waals surface area contributed by atoms with Crippen molar-refractivity contribution in [2.75, 3.05) is 5.32 Å². The zero-order valence-electron chi connectivity index (χ0n) is 19.3. The largest absolute Gasteiger partial charge is 0.309 e. The number of nitriles is 1. The second kappa shape index (κ2) is 8.45. The van der Waals surface area contributed by atoms with Gasteiger partial charge in [-0.05, 0) is 60.4 Å². The molecule has 6 nitrogen and oxygen atoms in total. The topological polar surface area (TPSA) is 83.6 Å². The van der Waals surface area contributed by atoms with Crippen LogP contribution in [0.5, 0.6) is 0 Å². The normalized spacial score (nSPS) is 11.0. The van der Waals surface area contributed by atoms with Crippen LogP contribution >= 0.6 is 0 Å². The maximum atomic E-state index is 13.1. The number of aromatic nitrogens is 3. The van der Waals surface area contributed by atoms with Crippen LogP contribution < -0.4 is 5.32 Å². The number of hydrogen-bond donors (Lipinski definition) is 1. The minimum Gasteiger partial charge on any atom is -0.309 e. The van der Waals surface area contributed by atoms with Gasteiger partial charge in [-0.3, -0.25) is 4.79 Å². The van der Waals surface area contributed by atoms with Crippen LogP contribution in [0.25, 0.3) is 27.5 Å². The molecule has 0 radical (unpaired) electrons. The van der Waals surface area contributed by atoms with Gasteiger partial charge in [0.1, 0.15) is 11.6 Å². The molecule has 0 fully saturated rings. The summed E-state index contributed by atoms with van der Waals surface area (Å²) in [5.41, 5.74) is 5.37. The van der Waals surface area contributed by atoms with Crippen molar-refractivity contribution in [3.8, 4) is 11.9 Å². The predicted octanol–water partition coefficient (Wildman–Crippen LogP) is 5.55. The lowest BCUT2D eigenvalue weighted by Gasteiger charge is -2.13. The average Bonchev–Trinajstić information content (AvgIpc) is 3.22. The Kier molecular flexibility index (Phi) is 5.31. The van der Waals surface area contributed by atoms with E-state index in [1.54, 1.807) is 0 Å². The van der Waals surface area contributed by atoms with Gasteiger partial charge in [-0.15, -0.1) is 0 Å². The van der Waals surface area contributed by atoms with Crippen molar-refractivity contribution in [2.24, 2.45) is 0 Å². The van der Waals surface area contributed by atoms with Crippen LogP contribution in [0.15, 0.2) is 66.9 Å². The number of rotatable bonds is 4. The zero-order valence-corrected chi connectivity index (χ0v) is 19.3. The monoisotopic (exact) mass is 445 g/mol. The van der Waals surface area contributed by atoms with Crippen molar-refractivity contribution in [3.63, 3.8) is 0 Å². The molecule has 1 N–H and O–H groups in total. The lowest BCUT2D eigenvalue weighted by molar-refractivity contribution is -0.115. The third-order valence-corrected chi connectivity index (χ3v) is 6.04. The number of aryl methyl sites for hydroxylation is 3. The fraction of sp³-hybridized carbons (Fsp3) is 0.143. The first-order chi connectivity index (χ1) is 16.4. The highest BCUT2D eigenvalue weighted by molar-refractivity contribution is 5.96. The molecule has 34 heavy (non-hydrogen) atoms. The van der Waals surface area contributed by atoms with E-state index in [1.807, 2.05) is 62.4 Å². The summed E-state index contributed by atoms with van der Waals surface area (Å²) in [6, 6.07) is 22.2. The van der Waals surface area contributed by atoms with E-state index in [2.05, 4.69) is 35.5 Å². The van der Waals surface area contributed by atoms with Crippen LogP contribution in [0.4, 0.5) is 5.82 Å². The number of nitrogens with zero attached hydrogens (tertiary/aromatic N) is 4. The van der Waals surface area contributed by atoms with Crippen molar-refractivity contribution in [1.29, 1.82) is 5.26 Å². The number of amides is 1. The lowest BCUT2D eigenvalue weighted by Crippen LogP contribution is -2.18. The van der Waals surface area contributed by atoms with Crippen molar-refractivity contribution < 1.29 is 4.79 Å². The number of pyridine rings is 1. The highest BCUT2D eigenvalue weighted by Gasteiger charge is 2.18. The SMILES string of the molecule is Cc1cc(C)c2nc(-n3ncc(C#N)c3NC(=O)Cc3cccc4ccccc34)cc(C)c2c1. The average molecular weight is 446 g/mol. The maximum Gasteiger partial charge on any atom is 0.230 e. The van der Waals surface area contributed by atoms with Crippen molar-refractivity contribution >= 4 is 33.4 Å². The Hall–Kier alpha value is -4.50. The molecule has 3 aromatic carbocycles. The summed E-state index contributed by atoms with van der Waals surface area (Å²) in [7, 11) is 0. The molecule has 2 aromatic heterocycles. The zero-order chi connectivity index (χ0) is 23.8. The van der Waals surface area contributed by atoms with Crippen molar-refractivity contribution in [3.05, 3.63) is 94.7 Å². The Morgan fingerprint density at radius 3 is 2.62 bits per heavy atom. The van der Waals surface area contributed by atoms with Crippen molar-refractivity contribution in [1.82, 2.24) is 14.8 Å². The summed E-state index contributed by atoms with van der Waals surface area (Å²) in [4.78, 5) is 17.9. The third-order valence-electron chi connectivity index (χ3n) is 6.04. The second-order valence-corrected chi connectivity index (χ2v) is 8.57. The predicted molar refractivity (Wildman–Crippen MR) is 134 cm³/mol. The maximum absolute atomic E-state index is 13.1. The third kappa shape index (κ3) is 3.78. The van der Waals surface area contributed by atoms with E-state index in [9.17, 15) is 10.1 Å². The quantitative estimate of drug-likeness (QED) is 0.393. The molecule has 5 rings (SSSR count). The van der Waals surface area contributed by atoms with Crippen LogP contribution in [0, 0.1) is 32.1 Å². The molecule has 0 aliphatic rings. The van der Waals surface area contributed by atoms with Gasteiger partial charge in [-0.25, -0.2) is 4.98 Å². The lowest BCUT2D eigenvalue weighted by atomic mass is 10.0. The molecule has 0 bridgehead atoms. The number of hydrogen-bond acceptors (Lipinski definition) is 4. The molecule has 166 valence electrons. The van der Waals surface area contributed by atoms with Gasteiger partial charge in [0.2, 0.25) is 5.91 Å². The van der Waals surface area contributed by atoms with Crippen LogP contribution in [0.3, 0.4) is 0 Å². The standard InChI is InChI=1S/C28H23N5O/c1-17-11-19(3)27-24(12-17)18(2)13-25(31-27)33-28(22(15-29)16-30-33)32-26(34)14-21-9-6-8-20-7-4-5-10-23(20)21/h4-13,16H,14H2,1-3H3,(H,32,34). The number of anilines is 1. The van der Waals surface area contributed by atoms with Gasteiger partial charge in [0.15, 0.2) is 11.6 Å². The molecule has 0 unspecified atom stereocenters. The molecule has 0 spiro atoms. The van der Waals surface area contributed by atoms with E-state index >= 15 is 0 Å². The van der Waals surface area contributed by atoms with Gasteiger partial charge >= 0.3 is 0 Å². The molecule has 0 saturated heterocycles. The highest BCUT2D eigenvalue weighted by Crippen LogP contribution is 2.27. The summed E-state index contributed by atoms with van der Waals surface area (Å²) in [5.74, 6) is 0.654. The first kappa shape index (κ1) is 21.4. The fourth-order valence-electron chi connectivity index (χ4n) is 4.46. The minimum atomic E-state index is -0.223. The Morgan fingerprint density at radius 1 is 1.00 bits per heavy atom. The van der Waals surface area contributed by atoms with Crippen LogP contribution in [0.1, 0.15) is 27.8 Å². The number of carbonyl (C=O) groups is 1. The van der Waals surface area contributed by atoms with E-state index in [4.69, 9.17) is 4.98 Å². The number of fused-ring (bicyclic) bond motifs is 2. The first-order valence-electron chi connectivity index (χ1n) is 11.1. The van der Waals surface area contributed by atoms with Crippen LogP contribution in [-0.4, -0.2) is 20.7 Å². The molecule has 1 amide bonds. The molecule has 2 heterocycles. The van der Waals surface area contributed by atoms with E-state index in [0.29, 0.717) is 11.6 Å². The fourth-order valence-corrected chi connectivity index (χ4v) is 4.46. The minimum absolute atomic E-state index is 0.181. The highest BCUT2D eigenvalue weighted by atomic mass is 16.1.